The second kappa shape index (κ2) is 6.36. The van der Waals surface area contributed by atoms with Crippen molar-refractivity contribution in [3.63, 3.8) is 0 Å². The number of alkyl halides is 3. The van der Waals surface area contributed by atoms with E-state index in [2.05, 4.69) is 9.82 Å². The van der Waals surface area contributed by atoms with E-state index in [1.807, 2.05) is 5.10 Å². The van der Waals surface area contributed by atoms with Gasteiger partial charge in [-0.3, -0.25) is 9.82 Å². The third-order valence-electron chi connectivity index (χ3n) is 3.06. The molecule has 0 radical (unpaired) electrons. The number of thiophene rings is 1. The number of H-pyrrole nitrogens is 1. The molecule has 0 aliphatic carbocycles. The largest absolute Gasteiger partial charge is 0.432 e. The van der Waals surface area contributed by atoms with Crippen molar-refractivity contribution in [1.82, 2.24) is 10.2 Å². The molecule has 5 nitrogen and oxygen atoms in total. The molecule has 2 N–H and O–H groups in total. The van der Waals surface area contributed by atoms with Gasteiger partial charge in [-0.15, -0.1) is 11.3 Å². The summed E-state index contributed by atoms with van der Waals surface area (Å²) in [6, 6.07) is 9.67. The molecule has 0 bridgehead atoms. The molecule has 0 saturated heterocycles. The summed E-state index contributed by atoms with van der Waals surface area (Å²) in [6.07, 6.45) is -4.55. The van der Waals surface area contributed by atoms with Crippen LogP contribution >= 0.6 is 22.9 Å². The van der Waals surface area contributed by atoms with E-state index in [0.29, 0.717) is 9.90 Å². The Bertz CT molecular complexity index is 1010. The topological polar surface area (TPSA) is 74.8 Å². The highest BCUT2D eigenvalue weighted by Crippen LogP contribution is 2.34. The van der Waals surface area contributed by atoms with Crippen molar-refractivity contribution in [2.75, 3.05) is 4.72 Å². The van der Waals surface area contributed by atoms with Crippen LogP contribution in [0.1, 0.15) is 5.69 Å². The van der Waals surface area contributed by atoms with Gasteiger partial charge in [0.25, 0.3) is 10.0 Å². The summed E-state index contributed by atoms with van der Waals surface area (Å²) < 4.78 is 64.8. The number of halogens is 4. The van der Waals surface area contributed by atoms with E-state index in [4.69, 9.17) is 11.6 Å². The van der Waals surface area contributed by atoms with Crippen LogP contribution in [0.2, 0.25) is 5.02 Å². The third-order valence-corrected chi connectivity index (χ3v) is 6.27. The molecule has 3 rings (SSSR count). The first-order valence-corrected chi connectivity index (χ1v) is 9.34. The van der Waals surface area contributed by atoms with E-state index in [1.165, 1.54) is 24.3 Å². The molecule has 0 unspecified atom stereocenters. The molecule has 0 aliphatic heterocycles. The zero-order valence-corrected chi connectivity index (χ0v) is 14.5. The Morgan fingerprint density at radius 2 is 1.92 bits per heavy atom. The highest BCUT2D eigenvalue weighted by Gasteiger charge is 2.33. The predicted molar refractivity (Wildman–Crippen MR) is 89.2 cm³/mol. The van der Waals surface area contributed by atoms with Crippen LogP contribution in [0, 0.1) is 0 Å². The number of rotatable bonds is 4. The Hall–Kier alpha value is -2.04. The first-order chi connectivity index (χ1) is 11.6. The fraction of sp³-hybridized carbons (Fsp3) is 0.0714. The number of hydrogen-bond acceptors (Lipinski definition) is 4. The summed E-state index contributed by atoms with van der Waals surface area (Å²) in [7, 11) is -3.89. The van der Waals surface area contributed by atoms with Gasteiger partial charge in [-0.05, 0) is 36.4 Å². The lowest BCUT2D eigenvalue weighted by atomic mass is 10.3. The second-order valence-electron chi connectivity index (χ2n) is 4.90. The molecule has 2 heterocycles. The van der Waals surface area contributed by atoms with Gasteiger partial charge < -0.3 is 0 Å². The van der Waals surface area contributed by atoms with Gasteiger partial charge in [0.05, 0.1) is 10.6 Å². The minimum absolute atomic E-state index is 0.0153. The molecular weight excluding hydrogens is 399 g/mol. The smallest absolute Gasteiger partial charge is 0.279 e. The van der Waals surface area contributed by atoms with Gasteiger partial charge in [-0.2, -0.15) is 18.3 Å². The Balaban J connectivity index is 1.86. The van der Waals surface area contributed by atoms with Gasteiger partial charge in [0.2, 0.25) is 0 Å². The van der Waals surface area contributed by atoms with Crippen LogP contribution in [0.3, 0.4) is 0 Å². The monoisotopic (exact) mass is 407 g/mol. The minimum Gasteiger partial charge on any atom is -0.279 e. The van der Waals surface area contributed by atoms with Gasteiger partial charge in [0.15, 0.2) is 0 Å². The molecule has 0 aliphatic rings. The summed E-state index contributed by atoms with van der Waals surface area (Å²) in [5, 5.41) is 5.83. The van der Waals surface area contributed by atoms with Crippen molar-refractivity contribution in [2.24, 2.45) is 0 Å². The first-order valence-electron chi connectivity index (χ1n) is 6.66. The highest BCUT2D eigenvalue weighted by molar-refractivity contribution is 7.94. The fourth-order valence-corrected chi connectivity index (χ4v) is 4.46. The molecule has 11 heteroatoms. The molecule has 132 valence electrons. The maximum absolute atomic E-state index is 12.6. The molecule has 3 aromatic rings. The Labute approximate surface area is 149 Å². The molecule has 25 heavy (non-hydrogen) atoms. The summed E-state index contributed by atoms with van der Waals surface area (Å²) in [5.41, 5.74) is -0.708. The lowest BCUT2D eigenvalue weighted by Gasteiger charge is -2.06. The summed E-state index contributed by atoms with van der Waals surface area (Å²) in [5.74, 6) is 0. The molecule has 1 aromatic carbocycles. The van der Waals surface area contributed by atoms with E-state index >= 15 is 0 Å². The number of benzene rings is 1. The number of aromatic amines is 1. The van der Waals surface area contributed by atoms with E-state index in [9.17, 15) is 21.6 Å². The van der Waals surface area contributed by atoms with E-state index in [-0.39, 0.29) is 15.6 Å². The SMILES string of the molecule is O=S(=O)(Nc1cccc(Cl)c1)c1ccc(-c2cc(C(F)(F)F)[nH]n2)s1. The average Bonchev–Trinajstić information content (AvgIpc) is 3.16. The Morgan fingerprint density at radius 3 is 2.56 bits per heavy atom. The lowest BCUT2D eigenvalue weighted by Crippen LogP contribution is -2.11. The van der Waals surface area contributed by atoms with Crippen LogP contribution in [-0.2, 0) is 16.2 Å². The van der Waals surface area contributed by atoms with Crippen LogP contribution in [0.5, 0.6) is 0 Å². The number of hydrogen-bond donors (Lipinski definition) is 2. The van der Waals surface area contributed by atoms with Crippen LogP contribution in [-0.4, -0.2) is 18.6 Å². The number of nitrogens with one attached hydrogen (secondary N) is 2. The van der Waals surface area contributed by atoms with Crippen LogP contribution in [0.15, 0.2) is 46.7 Å². The quantitative estimate of drug-likeness (QED) is 0.663. The van der Waals surface area contributed by atoms with Crippen molar-refractivity contribution in [3.05, 3.63) is 53.2 Å². The standard InChI is InChI=1S/C14H9ClF3N3O2S2/c15-8-2-1-3-9(6-8)21-25(22,23)13-5-4-11(24-13)10-7-12(20-19-10)14(16,17)18/h1-7,21H,(H,19,20). The lowest BCUT2D eigenvalue weighted by molar-refractivity contribution is -0.141. The third kappa shape index (κ3) is 3.97. The fourth-order valence-electron chi connectivity index (χ4n) is 1.95. The Kier molecular flexibility index (Phi) is 4.52. The normalized spacial score (nSPS) is 12.3. The van der Waals surface area contributed by atoms with Gasteiger partial charge in [-0.25, -0.2) is 8.42 Å². The van der Waals surface area contributed by atoms with Gasteiger partial charge in [0, 0.05) is 5.02 Å². The predicted octanol–water partition coefficient (Wildman–Crippen LogP) is 4.61. The van der Waals surface area contributed by atoms with Gasteiger partial charge in [-0.1, -0.05) is 17.7 Å². The second-order valence-corrected chi connectivity index (χ2v) is 8.33. The van der Waals surface area contributed by atoms with Crippen LogP contribution in [0.4, 0.5) is 18.9 Å². The molecule has 0 atom stereocenters. The zero-order chi connectivity index (χ0) is 18.2. The molecule has 0 amide bonds. The molecular formula is C14H9ClF3N3O2S2. The maximum Gasteiger partial charge on any atom is 0.432 e. The van der Waals surface area contributed by atoms with E-state index in [1.54, 1.807) is 12.1 Å². The Morgan fingerprint density at radius 1 is 1.16 bits per heavy atom. The molecule has 0 fully saturated rings. The average molecular weight is 408 g/mol. The van der Waals surface area contributed by atoms with Crippen molar-refractivity contribution in [2.45, 2.75) is 10.4 Å². The van der Waals surface area contributed by atoms with Gasteiger partial charge in [0.1, 0.15) is 15.6 Å². The van der Waals surface area contributed by atoms with Crippen LogP contribution < -0.4 is 4.72 Å². The van der Waals surface area contributed by atoms with Crippen molar-refractivity contribution < 1.29 is 21.6 Å². The number of anilines is 1. The van der Waals surface area contributed by atoms with Crippen molar-refractivity contribution in [1.29, 1.82) is 0 Å². The first kappa shape index (κ1) is 17.8. The number of sulfonamides is 1. The highest BCUT2D eigenvalue weighted by atomic mass is 35.5. The van der Waals surface area contributed by atoms with Gasteiger partial charge >= 0.3 is 6.18 Å². The summed E-state index contributed by atoms with van der Waals surface area (Å²) in [4.78, 5) is 0.290. The maximum atomic E-state index is 12.6. The van der Waals surface area contributed by atoms with Crippen molar-refractivity contribution in [3.8, 4) is 10.6 Å². The summed E-state index contributed by atoms with van der Waals surface area (Å²) >= 11 is 6.61. The summed E-state index contributed by atoms with van der Waals surface area (Å²) in [6.45, 7) is 0. The molecule has 0 spiro atoms. The molecule has 2 aromatic heterocycles. The number of nitrogens with zero attached hydrogens (tertiary/aromatic N) is 1. The van der Waals surface area contributed by atoms with E-state index < -0.39 is 21.9 Å². The minimum atomic E-state index is -4.55. The number of aromatic nitrogens is 2. The molecule has 0 saturated carbocycles. The van der Waals surface area contributed by atoms with Crippen molar-refractivity contribution >= 4 is 38.6 Å². The van der Waals surface area contributed by atoms with Crippen LogP contribution in [0.25, 0.3) is 10.6 Å². The van der Waals surface area contributed by atoms with E-state index in [0.717, 1.165) is 17.4 Å². The zero-order valence-electron chi connectivity index (χ0n) is 12.1.